The van der Waals surface area contributed by atoms with Crippen LogP contribution in [0.4, 0.5) is 11.6 Å². The van der Waals surface area contributed by atoms with Gasteiger partial charge in [-0.1, -0.05) is 6.08 Å². The van der Waals surface area contributed by atoms with Crippen LogP contribution in [-0.4, -0.2) is 20.9 Å². The molecule has 1 aromatic heterocycles. The molecule has 0 aliphatic heterocycles. The number of nitrogens with zero attached hydrogens (tertiary/aromatic N) is 3. The second kappa shape index (κ2) is 4.31. The Morgan fingerprint density at radius 1 is 1.64 bits per heavy atom. The van der Waals surface area contributed by atoms with Gasteiger partial charge in [-0.05, 0) is 6.92 Å². The van der Waals surface area contributed by atoms with E-state index in [4.69, 9.17) is 0 Å². The maximum absolute atomic E-state index is 10.3. The van der Waals surface area contributed by atoms with Crippen molar-refractivity contribution in [1.82, 2.24) is 9.97 Å². The number of nitrogens with one attached hydrogen (secondary N) is 1. The number of rotatable bonds is 4. The van der Waals surface area contributed by atoms with Crippen molar-refractivity contribution in [3.05, 3.63) is 35.2 Å². The highest BCUT2D eigenvalue weighted by atomic mass is 16.6. The quantitative estimate of drug-likeness (QED) is 0.444. The topological polar surface area (TPSA) is 81.0 Å². The average molecular weight is 194 g/mol. The molecule has 1 aromatic rings. The molecule has 1 rings (SSSR count). The molecule has 1 N–H and O–H groups in total. The average Bonchev–Trinajstić information content (AvgIpc) is 2.18. The summed E-state index contributed by atoms with van der Waals surface area (Å²) in [5.74, 6) is 0.350. The molecule has 1 atom stereocenters. The summed E-state index contributed by atoms with van der Waals surface area (Å²) in [6, 6.07) is 0.0245. The van der Waals surface area contributed by atoms with Crippen LogP contribution in [0.2, 0.25) is 0 Å². The molecule has 1 unspecified atom stereocenters. The lowest BCUT2D eigenvalue weighted by molar-refractivity contribution is -0.385. The van der Waals surface area contributed by atoms with Gasteiger partial charge in [0, 0.05) is 6.04 Å². The maximum atomic E-state index is 10.3. The minimum absolute atomic E-state index is 0.0245. The minimum atomic E-state index is -0.541. The van der Waals surface area contributed by atoms with E-state index in [0.717, 1.165) is 12.4 Å². The van der Waals surface area contributed by atoms with Gasteiger partial charge in [-0.3, -0.25) is 10.1 Å². The molecule has 14 heavy (non-hydrogen) atoms. The van der Waals surface area contributed by atoms with Gasteiger partial charge in [0.05, 0.1) is 4.92 Å². The smallest absolute Gasteiger partial charge is 0.305 e. The summed E-state index contributed by atoms with van der Waals surface area (Å²) in [6.07, 6.45) is 4.00. The first-order chi connectivity index (χ1) is 6.63. The lowest BCUT2D eigenvalue weighted by atomic mass is 10.3. The van der Waals surface area contributed by atoms with Crippen LogP contribution in [0.3, 0.4) is 0 Å². The van der Waals surface area contributed by atoms with Gasteiger partial charge in [0.25, 0.3) is 0 Å². The Labute approximate surface area is 80.8 Å². The zero-order chi connectivity index (χ0) is 10.6. The summed E-state index contributed by atoms with van der Waals surface area (Å²) in [6.45, 7) is 5.45. The SMILES string of the molecule is C=CC(C)Nc1ncc([N+](=O)[O-])cn1. The fourth-order valence-electron chi connectivity index (χ4n) is 0.753. The maximum Gasteiger partial charge on any atom is 0.305 e. The molecule has 0 aliphatic carbocycles. The van der Waals surface area contributed by atoms with Crippen molar-refractivity contribution < 1.29 is 4.92 Å². The molecule has 1 heterocycles. The Hall–Kier alpha value is -1.98. The third-order valence-electron chi connectivity index (χ3n) is 1.56. The van der Waals surface area contributed by atoms with Crippen LogP contribution in [0, 0.1) is 10.1 Å². The molecule has 0 aliphatic rings. The fourth-order valence-corrected chi connectivity index (χ4v) is 0.753. The van der Waals surface area contributed by atoms with Crippen molar-refractivity contribution in [3.63, 3.8) is 0 Å². The van der Waals surface area contributed by atoms with E-state index in [1.54, 1.807) is 6.08 Å². The highest BCUT2D eigenvalue weighted by Crippen LogP contribution is 2.08. The standard InChI is InChI=1S/C8H10N4O2/c1-3-6(2)11-8-9-4-7(5-10-8)12(13)14/h3-6H,1H2,2H3,(H,9,10,11). The van der Waals surface area contributed by atoms with Crippen molar-refractivity contribution >= 4 is 11.6 Å². The summed E-state index contributed by atoms with van der Waals surface area (Å²) in [4.78, 5) is 17.3. The van der Waals surface area contributed by atoms with Gasteiger partial charge in [-0.15, -0.1) is 6.58 Å². The molecule has 0 radical (unpaired) electrons. The van der Waals surface area contributed by atoms with Crippen molar-refractivity contribution in [3.8, 4) is 0 Å². The van der Waals surface area contributed by atoms with Crippen LogP contribution in [0.15, 0.2) is 25.0 Å². The van der Waals surface area contributed by atoms with Gasteiger partial charge >= 0.3 is 5.69 Å². The third kappa shape index (κ3) is 2.51. The number of aromatic nitrogens is 2. The monoisotopic (exact) mass is 194 g/mol. The predicted molar refractivity (Wildman–Crippen MR) is 52.0 cm³/mol. The molecular formula is C8H10N4O2. The molecule has 0 saturated heterocycles. The number of hydrogen-bond acceptors (Lipinski definition) is 5. The molecule has 0 aromatic carbocycles. The lowest BCUT2D eigenvalue weighted by Gasteiger charge is -2.07. The zero-order valence-corrected chi connectivity index (χ0v) is 7.67. The van der Waals surface area contributed by atoms with E-state index < -0.39 is 4.92 Å². The molecule has 0 fully saturated rings. The van der Waals surface area contributed by atoms with Gasteiger partial charge in [-0.25, -0.2) is 9.97 Å². The molecule has 0 spiro atoms. The minimum Gasteiger partial charge on any atom is -0.348 e. The number of nitro groups is 1. The first kappa shape index (κ1) is 10.1. The van der Waals surface area contributed by atoms with Crippen molar-refractivity contribution in [1.29, 1.82) is 0 Å². The van der Waals surface area contributed by atoms with E-state index in [1.165, 1.54) is 0 Å². The van der Waals surface area contributed by atoms with Gasteiger partial charge < -0.3 is 5.32 Å². The highest BCUT2D eigenvalue weighted by Gasteiger charge is 2.06. The van der Waals surface area contributed by atoms with Crippen molar-refractivity contribution in [2.75, 3.05) is 5.32 Å². The summed E-state index contributed by atoms with van der Waals surface area (Å²) >= 11 is 0. The normalized spacial score (nSPS) is 11.8. The Kier molecular flexibility index (Phi) is 3.11. The molecule has 74 valence electrons. The summed E-state index contributed by atoms with van der Waals surface area (Å²) in [7, 11) is 0. The molecule has 6 nitrogen and oxygen atoms in total. The third-order valence-corrected chi connectivity index (χ3v) is 1.56. The molecule has 0 saturated carbocycles. The van der Waals surface area contributed by atoms with E-state index in [2.05, 4.69) is 21.9 Å². The second-order valence-electron chi connectivity index (χ2n) is 2.69. The zero-order valence-electron chi connectivity index (χ0n) is 7.67. The fraction of sp³-hybridized carbons (Fsp3) is 0.250. The molecule has 0 amide bonds. The van der Waals surface area contributed by atoms with E-state index in [9.17, 15) is 10.1 Å². The van der Waals surface area contributed by atoms with Crippen LogP contribution in [0.5, 0.6) is 0 Å². The molecule has 0 bridgehead atoms. The Morgan fingerprint density at radius 2 is 2.21 bits per heavy atom. The van der Waals surface area contributed by atoms with Gasteiger partial charge in [0.2, 0.25) is 5.95 Å². The number of hydrogen-bond donors (Lipinski definition) is 1. The Bertz CT molecular complexity index is 336. The first-order valence-electron chi connectivity index (χ1n) is 3.99. The van der Waals surface area contributed by atoms with E-state index in [1.807, 2.05) is 6.92 Å². The van der Waals surface area contributed by atoms with E-state index in [-0.39, 0.29) is 11.7 Å². The summed E-state index contributed by atoms with van der Waals surface area (Å²) < 4.78 is 0. The summed E-state index contributed by atoms with van der Waals surface area (Å²) in [5.41, 5.74) is -0.123. The summed E-state index contributed by atoms with van der Waals surface area (Å²) in [5, 5.41) is 13.2. The number of anilines is 1. The molecule has 6 heteroatoms. The predicted octanol–water partition coefficient (Wildman–Crippen LogP) is 1.37. The van der Waals surface area contributed by atoms with Crippen LogP contribution < -0.4 is 5.32 Å². The van der Waals surface area contributed by atoms with Crippen LogP contribution in [-0.2, 0) is 0 Å². The Balaban J connectivity index is 2.73. The van der Waals surface area contributed by atoms with E-state index >= 15 is 0 Å². The van der Waals surface area contributed by atoms with Gasteiger partial charge in [0.1, 0.15) is 12.4 Å². The lowest BCUT2D eigenvalue weighted by Crippen LogP contribution is -2.13. The van der Waals surface area contributed by atoms with Crippen LogP contribution >= 0.6 is 0 Å². The van der Waals surface area contributed by atoms with Crippen molar-refractivity contribution in [2.24, 2.45) is 0 Å². The first-order valence-corrected chi connectivity index (χ1v) is 3.99. The highest BCUT2D eigenvalue weighted by molar-refractivity contribution is 5.32. The van der Waals surface area contributed by atoms with Gasteiger partial charge in [0.15, 0.2) is 0 Å². The van der Waals surface area contributed by atoms with Crippen LogP contribution in [0.25, 0.3) is 0 Å². The van der Waals surface area contributed by atoms with Crippen molar-refractivity contribution in [2.45, 2.75) is 13.0 Å². The van der Waals surface area contributed by atoms with E-state index in [0.29, 0.717) is 5.95 Å². The largest absolute Gasteiger partial charge is 0.348 e. The molecular weight excluding hydrogens is 184 g/mol. The van der Waals surface area contributed by atoms with Crippen LogP contribution in [0.1, 0.15) is 6.92 Å². The second-order valence-corrected chi connectivity index (χ2v) is 2.69. The Morgan fingerprint density at radius 3 is 2.64 bits per heavy atom. The van der Waals surface area contributed by atoms with Gasteiger partial charge in [-0.2, -0.15) is 0 Å².